The van der Waals surface area contributed by atoms with Crippen LogP contribution in [-0.4, -0.2) is 44.0 Å². The highest BCUT2D eigenvalue weighted by molar-refractivity contribution is 6.46. The number of ether oxygens (including phenoxy) is 2. The van der Waals surface area contributed by atoms with E-state index in [2.05, 4.69) is 6.92 Å². The van der Waals surface area contributed by atoms with Crippen LogP contribution in [0.15, 0.2) is 48.2 Å². The molecule has 0 unspecified atom stereocenters. The average Bonchev–Trinajstić information content (AvgIpc) is 3.04. The summed E-state index contributed by atoms with van der Waals surface area (Å²) in [5.74, 6) is 0.744. The van der Waals surface area contributed by atoms with Crippen molar-refractivity contribution in [1.29, 1.82) is 0 Å². The summed E-state index contributed by atoms with van der Waals surface area (Å²) in [5.41, 5.74) is 1.68. The molecule has 162 valence electrons. The van der Waals surface area contributed by atoms with Crippen LogP contribution in [0.2, 0.25) is 5.02 Å². The number of likely N-dealkylation sites (tertiary alicyclic amines) is 1. The number of halogens is 1. The first-order valence-electron chi connectivity index (χ1n) is 10.3. The van der Waals surface area contributed by atoms with Crippen LogP contribution in [-0.2, 0) is 9.59 Å². The molecule has 1 saturated heterocycles. The van der Waals surface area contributed by atoms with Crippen molar-refractivity contribution in [3.05, 3.63) is 58.7 Å². The van der Waals surface area contributed by atoms with Gasteiger partial charge in [0.25, 0.3) is 11.8 Å². The molecule has 2 amide bonds. The summed E-state index contributed by atoms with van der Waals surface area (Å²) < 4.78 is 10.9. The molecule has 0 aliphatic carbocycles. The molecule has 2 aliphatic heterocycles. The highest BCUT2D eigenvalue weighted by Crippen LogP contribution is 2.42. The molecule has 4 rings (SSSR count). The topological polar surface area (TPSA) is 59.1 Å². The zero-order valence-electron chi connectivity index (χ0n) is 17.9. The zero-order valence-corrected chi connectivity index (χ0v) is 18.6. The highest BCUT2D eigenvalue weighted by Gasteiger charge is 2.44. The first-order chi connectivity index (χ1) is 15.0. The minimum atomic E-state index is -0.413. The lowest BCUT2D eigenvalue weighted by molar-refractivity contribution is -0.120. The Morgan fingerprint density at radius 2 is 1.61 bits per heavy atom. The van der Waals surface area contributed by atoms with Gasteiger partial charge in [-0.2, -0.15) is 0 Å². The zero-order chi connectivity index (χ0) is 22.1. The SMILES string of the molecule is COc1ccccc1C1=C(N2CCC(C)CC2)C(=O)N(c2cc(Cl)ccc2OC)C1=O. The maximum Gasteiger partial charge on any atom is 0.282 e. The molecular formula is C24H25ClN2O4. The second-order valence-electron chi connectivity index (χ2n) is 7.86. The molecule has 0 N–H and O–H groups in total. The molecule has 1 fully saturated rings. The van der Waals surface area contributed by atoms with E-state index in [1.54, 1.807) is 31.4 Å². The number of anilines is 1. The number of rotatable bonds is 5. The van der Waals surface area contributed by atoms with E-state index in [-0.39, 0.29) is 5.91 Å². The van der Waals surface area contributed by atoms with Gasteiger partial charge in [0.15, 0.2) is 0 Å². The third-order valence-electron chi connectivity index (χ3n) is 5.92. The molecule has 7 heteroatoms. The smallest absolute Gasteiger partial charge is 0.282 e. The van der Waals surface area contributed by atoms with Crippen molar-refractivity contribution in [3.8, 4) is 11.5 Å². The van der Waals surface area contributed by atoms with Gasteiger partial charge in [-0.05, 0) is 43.0 Å². The van der Waals surface area contributed by atoms with Gasteiger partial charge in [-0.3, -0.25) is 9.59 Å². The number of imide groups is 1. The van der Waals surface area contributed by atoms with E-state index in [4.69, 9.17) is 21.1 Å². The van der Waals surface area contributed by atoms with Gasteiger partial charge in [0, 0.05) is 23.7 Å². The van der Waals surface area contributed by atoms with Crippen molar-refractivity contribution in [2.75, 3.05) is 32.2 Å². The number of para-hydroxylation sites is 1. The number of piperidine rings is 1. The highest BCUT2D eigenvalue weighted by atomic mass is 35.5. The third-order valence-corrected chi connectivity index (χ3v) is 6.15. The summed E-state index contributed by atoms with van der Waals surface area (Å²) in [6.45, 7) is 3.64. The van der Waals surface area contributed by atoms with Gasteiger partial charge in [0.05, 0.1) is 25.5 Å². The predicted octanol–water partition coefficient (Wildman–Crippen LogP) is 4.37. The lowest BCUT2D eigenvalue weighted by atomic mass is 9.97. The lowest BCUT2D eigenvalue weighted by Crippen LogP contribution is -2.38. The Morgan fingerprint density at radius 1 is 0.935 bits per heavy atom. The fraction of sp³-hybridized carbons (Fsp3) is 0.333. The molecule has 6 nitrogen and oxygen atoms in total. The molecule has 31 heavy (non-hydrogen) atoms. The number of benzene rings is 2. The molecule has 2 aliphatic rings. The fourth-order valence-corrected chi connectivity index (χ4v) is 4.36. The summed E-state index contributed by atoms with van der Waals surface area (Å²) in [6.07, 6.45) is 1.93. The van der Waals surface area contributed by atoms with Crippen LogP contribution in [0, 0.1) is 5.92 Å². The summed E-state index contributed by atoms with van der Waals surface area (Å²) in [6, 6.07) is 12.2. The minimum Gasteiger partial charge on any atom is -0.496 e. The Hall–Kier alpha value is -2.99. The van der Waals surface area contributed by atoms with Gasteiger partial charge in [-0.15, -0.1) is 0 Å². The fourth-order valence-electron chi connectivity index (χ4n) is 4.19. The number of carbonyl (C=O) groups excluding carboxylic acids is 2. The van der Waals surface area contributed by atoms with E-state index >= 15 is 0 Å². The van der Waals surface area contributed by atoms with Crippen molar-refractivity contribution in [1.82, 2.24) is 4.90 Å². The van der Waals surface area contributed by atoms with Crippen LogP contribution < -0.4 is 14.4 Å². The molecular weight excluding hydrogens is 416 g/mol. The van der Waals surface area contributed by atoms with Gasteiger partial charge >= 0.3 is 0 Å². The van der Waals surface area contributed by atoms with Crippen molar-refractivity contribution in [2.45, 2.75) is 19.8 Å². The van der Waals surface area contributed by atoms with E-state index < -0.39 is 5.91 Å². The van der Waals surface area contributed by atoms with Crippen molar-refractivity contribution in [3.63, 3.8) is 0 Å². The number of methoxy groups -OCH3 is 2. The van der Waals surface area contributed by atoms with Crippen LogP contribution in [0.5, 0.6) is 11.5 Å². The predicted molar refractivity (Wildman–Crippen MR) is 120 cm³/mol. The number of hydrogen-bond donors (Lipinski definition) is 0. The van der Waals surface area contributed by atoms with Crippen LogP contribution in [0.3, 0.4) is 0 Å². The third kappa shape index (κ3) is 3.76. The first kappa shape index (κ1) is 21.2. The number of nitrogens with zero attached hydrogens (tertiary/aromatic N) is 2. The van der Waals surface area contributed by atoms with Crippen LogP contribution in [0.25, 0.3) is 5.57 Å². The van der Waals surface area contributed by atoms with E-state index in [0.29, 0.717) is 58.1 Å². The standard InChI is InChI=1S/C24H25ClN2O4/c1-15-10-12-26(13-11-15)22-21(17-6-4-5-7-19(17)30-2)23(28)27(24(22)29)18-14-16(25)8-9-20(18)31-3/h4-9,14-15H,10-13H2,1-3H3. The van der Waals surface area contributed by atoms with Gasteiger partial charge in [-0.1, -0.05) is 36.7 Å². The van der Waals surface area contributed by atoms with E-state index in [0.717, 1.165) is 12.8 Å². The Bertz CT molecular complexity index is 1060. The molecule has 0 radical (unpaired) electrons. The first-order valence-corrected chi connectivity index (χ1v) is 10.7. The molecule has 0 spiro atoms. The Labute approximate surface area is 187 Å². The molecule has 0 aromatic heterocycles. The summed E-state index contributed by atoms with van der Waals surface area (Å²) >= 11 is 6.20. The van der Waals surface area contributed by atoms with Crippen molar-refractivity contribution >= 4 is 34.7 Å². The lowest BCUT2D eigenvalue weighted by Gasteiger charge is -2.32. The van der Waals surface area contributed by atoms with E-state index in [1.165, 1.54) is 12.0 Å². The van der Waals surface area contributed by atoms with E-state index in [9.17, 15) is 9.59 Å². The normalized spacial score (nSPS) is 17.5. The van der Waals surface area contributed by atoms with Crippen molar-refractivity contribution < 1.29 is 19.1 Å². The maximum absolute atomic E-state index is 13.7. The molecule has 2 heterocycles. The summed E-state index contributed by atoms with van der Waals surface area (Å²) in [4.78, 5) is 30.7. The second-order valence-corrected chi connectivity index (χ2v) is 8.29. The van der Waals surface area contributed by atoms with Gasteiger partial charge < -0.3 is 14.4 Å². The summed E-state index contributed by atoms with van der Waals surface area (Å²) in [5, 5.41) is 0.412. The van der Waals surface area contributed by atoms with Crippen LogP contribution in [0.1, 0.15) is 25.3 Å². The Balaban J connectivity index is 1.88. The second kappa shape index (κ2) is 8.63. The van der Waals surface area contributed by atoms with Gasteiger partial charge in [-0.25, -0.2) is 4.90 Å². The Morgan fingerprint density at radius 3 is 2.29 bits per heavy atom. The van der Waals surface area contributed by atoms with Gasteiger partial charge in [0.1, 0.15) is 17.2 Å². The van der Waals surface area contributed by atoms with Crippen LogP contribution in [0.4, 0.5) is 5.69 Å². The van der Waals surface area contributed by atoms with Crippen molar-refractivity contribution in [2.24, 2.45) is 5.92 Å². The van der Waals surface area contributed by atoms with Gasteiger partial charge in [0.2, 0.25) is 0 Å². The summed E-state index contributed by atoms with van der Waals surface area (Å²) in [7, 11) is 3.06. The number of carbonyl (C=O) groups is 2. The minimum absolute atomic E-state index is 0.331. The molecule has 0 bridgehead atoms. The number of amides is 2. The largest absolute Gasteiger partial charge is 0.496 e. The molecule has 2 aromatic rings. The monoisotopic (exact) mass is 440 g/mol. The molecule has 2 aromatic carbocycles. The maximum atomic E-state index is 13.7. The van der Waals surface area contributed by atoms with E-state index in [1.807, 2.05) is 23.1 Å². The van der Waals surface area contributed by atoms with Crippen LogP contribution >= 0.6 is 11.6 Å². The molecule has 0 saturated carbocycles. The molecule has 0 atom stereocenters. The quantitative estimate of drug-likeness (QED) is 0.646. The average molecular weight is 441 g/mol. The Kier molecular flexibility index (Phi) is 5.92. The number of hydrogen-bond acceptors (Lipinski definition) is 5.